The fraction of sp³-hybridized carbons (Fsp3) is 0.400. The first kappa shape index (κ1) is 24.7. The van der Waals surface area contributed by atoms with E-state index in [-0.39, 0.29) is 17.9 Å². The summed E-state index contributed by atoms with van der Waals surface area (Å²) in [5.41, 5.74) is 1.35. The predicted octanol–water partition coefficient (Wildman–Crippen LogP) is 4.32. The maximum absolute atomic E-state index is 14.5. The van der Waals surface area contributed by atoms with Gasteiger partial charge in [0.05, 0.1) is 11.5 Å². The Labute approximate surface area is 210 Å². The fourth-order valence-electron chi connectivity index (χ4n) is 4.88. The summed E-state index contributed by atoms with van der Waals surface area (Å²) in [6, 6.07) is 8.88. The number of anilines is 1. The number of benzene rings is 2. The second-order valence-corrected chi connectivity index (χ2v) is 10.2. The van der Waals surface area contributed by atoms with Crippen molar-refractivity contribution in [2.75, 3.05) is 31.5 Å². The quantitative estimate of drug-likeness (QED) is 0.509. The molecule has 0 unspecified atom stereocenters. The van der Waals surface area contributed by atoms with Crippen LogP contribution in [-0.4, -0.2) is 62.6 Å². The first-order valence-electron chi connectivity index (χ1n) is 11.7. The highest BCUT2D eigenvalue weighted by Gasteiger charge is 2.45. The summed E-state index contributed by atoms with van der Waals surface area (Å²) >= 11 is 1.21. The highest BCUT2D eigenvalue weighted by molar-refractivity contribution is 7.05. The number of aliphatic hydroxyl groups is 1. The molecule has 2 aliphatic rings. The Morgan fingerprint density at radius 2 is 2.08 bits per heavy atom. The second-order valence-electron chi connectivity index (χ2n) is 9.46. The molecule has 1 aromatic heterocycles. The van der Waals surface area contributed by atoms with Gasteiger partial charge >= 0.3 is 6.03 Å². The molecule has 0 saturated carbocycles. The number of amides is 2. The molecule has 2 fully saturated rings. The summed E-state index contributed by atoms with van der Waals surface area (Å²) in [7, 11) is 0. The summed E-state index contributed by atoms with van der Waals surface area (Å²) in [5.74, 6) is -0.330. The Morgan fingerprint density at radius 1 is 1.28 bits per heavy atom. The predicted molar refractivity (Wildman–Crippen MR) is 130 cm³/mol. The van der Waals surface area contributed by atoms with Crippen molar-refractivity contribution in [3.05, 3.63) is 75.8 Å². The van der Waals surface area contributed by atoms with Crippen molar-refractivity contribution >= 4 is 23.3 Å². The Morgan fingerprint density at radius 3 is 2.75 bits per heavy atom. The average Bonchev–Trinajstić information content (AvgIpc) is 3.52. The van der Waals surface area contributed by atoms with Gasteiger partial charge in [0.2, 0.25) is 0 Å². The van der Waals surface area contributed by atoms with Crippen LogP contribution in [0.4, 0.5) is 23.7 Å². The van der Waals surface area contributed by atoms with Crippen LogP contribution in [0.1, 0.15) is 40.1 Å². The van der Waals surface area contributed by atoms with E-state index in [1.165, 1.54) is 36.1 Å². The van der Waals surface area contributed by atoms with E-state index in [4.69, 9.17) is 0 Å². The Kier molecular flexibility index (Phi) is 6.71. The smallest absolute Gasteiger partial charge is 0.321 e. The summed E-state index contributed by atoms with van der Waals surface area (Å²) < 4.78 is 45.4. The summed E-state index contributed by atoms with van der Waals surface area (Å²) in [4.78, 5) is 21.3. The number of aliphatic hydroxyl groups excluding tert-OH is 1. The number of aryl methyl sites for hydroxylation is 1. The number of urea groups is 1. The molecule has 0 aliphatic carbocycles. The monoisotopic (exact) mass is 517 g/mol. The third-order valence-corrected chi connectivity index (χ3v) is 7.88. The zero-order chi connectivity index (χ0) is 25.4. The molecule has 2 N–H and O–H groups in total. The second kappa shape index (κ2) is 9.79. The van der Waals surface area contributed by atoms with Crippen LogP contribution in [0.5, 0.6) is 0 Å². The number of nitrogens with one attached hydrogen (secondary N) is 1. The molecule has 0 spiro atoms. The van der Waals surface area contributed by atoms with E-state index in [0.29, 0.717) is 54.4 Å². The first-order valence-corrected chi connectivity index (χ1v) is 12.4. The van der Waals surface area contributed by atoms with E-state index in [2.05, 4.69) is 14.7 Å². The van der Waals surface area contributed by atoms with Crippen molar-refractivity contribution in [2.45, 2.75) is 37.8 Å². The lowest BCUT2D eigenvalue weighted by atomic mass is 9.80. The standard InChI is InChI=1S/C25H26F3N5O2S/c1-15-2-5-18(9-20(15)26)25(23-29-14-30-36-23)6-7-33(13-25)24(35)31-21-8-16(22(27)28)3-4-17(21)10-32-11-19(34)12-32/h2-5,8-9,14,19,22,34H,6-7,10-13H2,1H3,(H,31,35)/t25-/m0/s1. The molecule has 0 bridgehead atoms. The lowest BCUT2D eigenvalue weighted by Gasteiger charge is -2.36. The normalized spacial score (nSPS) is 20.7. The lowest BCUT2D eigenvalue weighted by Crippen LogP contribution is -2.49. The van der Waals surface area contributed by atoms with Crippen LogP contribution in [0, 0.1) is 12.7 Å². The van der Waals surface area contributed by atoms with Crippen LogP contribution in [0.25, 0.3) is 0 Å². The molecule has 1 atom stereocenters. The zero-order valence-corrected chi connectivity index (χ0v) is 20.4. The molecule has 2 saturated heterocycles. The third kappa shape index (κ3) is 4.70. The molecule has 36 heavy (non-hydrogen) atoms. The number of halogens is 3. The molecular formula is C25H26F3N5O2S. The summed E-state index contributed by atoms with van der Waals surface area (Å²) in [6.07, 6.45) is -1.10. The number of aromatic nitrogens is 2. The van der Waals surface area contributed by atoms with Crippen molar-refractivity contribution in [3.8, 4) is 0 Å². The molecule has 2 aromatic carbocycles. The Balaban J connectivity index is 1.40. The number of alkyl halides is 2. The fourth-order valence-corrected chi connectivity index (χ4v) is 5.63. The molecule has 7 nitrogen and oxygen atoms in total. The van der Waals surface area contributed by atoms with Crippen LogP contribution in [0.2, 0.25) is 0 Å². The van der Waals surface area contributed by atoms with Crippen LogP contribution in [-0.2, 0) is 12.0 Å². The maximum atomic E-state index is 14.5. The molecule has 3 aromatic rings. The van der Waals surface area contributed by atoms with Gasteiger partial charge in [0.1, 0.15) is 17.2 Å². The van der Waals surface area contributed by atoms with E-state index >= 15 is 0 Å². The van der Waals surface area contributed by atoms with Gasteiger partial charge < -0.3 is 15.3 Å². The number of nitrogens with zero attached hydrogens (tertiary/aromatic N) is 4. The highest BCUT2D eigenvalue weighted by atomic mass is 32.1. The molecule has 5 rings (SSSR count). The number of carbonyl (C=O) groups excluding carboxylic acids is 1. The minimum atomic E-state index is -2.67. The van der Waals surface area contributed by atoms with Gasteiger partial charge in [-0.3, -0.25) is 4.90 Å². The molecule has 11 heteroatoms. The van der Waals surface area contributed by atoms with Crippen molar-refractivity contribution in [2.24, 2.45) is 0 Å². The number of hydrogen-bond donors (Lipinski definition) is 2. The van der Waals surface area contributed by atoms with Gasteiger partial charge in [-0.1, -0.05) is 24.3 Å². The van der Waals surface area contributed by atoms with E-state index < -0.39 is 24.0 Å². The molecule has 190 valence electrons. The average molecular weight is 518 g/mol. The largest absolute Gasteiger partial charge is 0.390 e. The van der Waals surface area contributed by atoms with Crippen LogP contribution < -0.4 is 5.32 Å². The first-order chi connectivity index (χ1) is 17.2. The van der Waals surface area contributed by atoms with Gasteiger partial charge in [-0.2, -0.15) is 4.37 Å². The lowest BCUT2D eigenvalue weighted by molar-refractivity contribution is -0.00277. The van der Waals surface area contributed by atoms with E-state index in [9.17, 15) is 23.1 Å². The number of likely N-dealkylation sites (tertiary alicyclic amines) is 2. The SMILES string of the molecule is Cc1ccc([C@]2(c3ncns3)CCN(C(=O)Nc3cc(C(F)F)ccc3CN3CC(O)C3)C2)cc1F. The van der Waals surface area contributed by atoms with Gasteiger partial charge in [-0.15, -0.1) is 0 Å². The van der Waals surface area contributed by atoms with E-state index in [1.807, 2.05) is 11.0 Å². The van der Waals surface area contributed by atoms with Crippen LogP contribution in [0.15, 0.2) is 42.7 Å². The highest BCUT2D eigenvalue weighted by Crippen LogP contribution is 2.42. The number of β-amino-alcohol motifs (C(OH)–C–C–N with tert-alkyl or cyclic N) is 1. The van der Waals surface area contributed by atoms with Crippen molar-refractivity contribution in [3.63, 3.8) is 0 Å². The minimum absolute atomic E-state index is 0.183. The van der Waals surface area contributed by atoms with Gasteiger partial charge in [0, 0.05) is 44.0 Å². The van der Waals surface area contributed by atoms with Gasteiger partial charge in [0.25, 0.3) is 6.43 Å². The van der Waals surface area contributed by atoms with Crippen molar-refractivity contribution in [1.82, 2.24) is 19.2 Å². The van der Waals surface area contributed by atoms with Crippen LogP contribution in [0.3, 0.4) is 0 Å². The molecule has 2 amide bonds. The summed E-state index contributed by atoms with van der Waals surface area (Å²) in [6.45, 7) is 3.73. The summed E-state index contributed by atoms with van der Waals surface area (Å²) in [5, 5.41) is 13.1. The van der Waals surface area contributed by atoms with Crippen LogP contribution >= 0.6 is 11.5 Å². The van der Waals surface area contributed by atoms with Crippen molar-refractivity contribution < 1.29 is 23.1 Å². The van der Waals surface area contributed by atoms with Gasteiger partial charge in [-0.25, -0.2) is 22.9 Å². The molecule has 3 heterocycles. The third-order valence-electron chi connectivity index (χ3n) is 7.01. The van der Waals surface area contributed by atoms with Gasteiger partial charge in [0.15, 0.2) is 0 Å². The Hall–Kier alpha value is -3.02. The van der Waals surface area contributed by atoms with Crippen molar-refractivity contribution in [1.29, 1.82) is 0 Å². The number of rotatable bonds is 6. The topological polar surface area (TPSA) is 81.6 Å². The Bertz CT molecular complexity index is 1250. The van der Waals surface area contributed by atoms with E-state index in [0.717, 1.165) is 5.56 Å². The number of carbonyl (C=O) groups is 1. The van der Waals surface area contributed by atoms with Gasteiger partial charge in [-0.05, 0) is 53.7 Å². The minimum Gasteiger partial charge on any atom is -0.390 e. The molecule has 2 aliphatic heterocycles. The zero-order valence-electron chi connectivity index (χ0n) is 19.6. The molecular weight excluding hydrogens is 491 g/mol. The molecule has 0 radical (unpaired) electrons. The number of hydrogen-bond acceptors (Lipinski definition) is 6. The maximum Gasteiger partial charge on any atom is 0.321 e. The van der Waals surface area contributed by atoms with E-state index in [1.54, 1.807) is 24.0 Å².